The van der Waals surface area contributed by atoms with Gasteiger partial charge in [0.1, 0.15) is 0 Å². The van der Waals surface area contributed by atoms with Gasteiger partial charge in [-0.25, -0.2) is 0 Å². The first-order valence-corrected chi connectivity index (χ1v) is 9.12. The fourth-order valence-electron chi connectivity index (χ4n) is 3.26. The van der Waals surface area contributed by atoms with Gasteiger partial charge in [0.25, 0.3) is 0 Å². The van der Waals surface area contributed by atoms with Gasteiger partial charge in [0, 0.05) is 5.71 Å². The van der Waals surface area contributed by atoms with E-state index >= 15 is 0 Å². The maximum absolute atomic E-state index is 5.02. The Bertz CT molecular complexity index is 345. The van der Waals surface area contributed by atoms with E-state index in [4.69, 9.17) is 4.99 Å². The average Bonchev–Trinajstić information content (AvgIpc) is 2.64. The molecule has 0 bridgehead atoms. The molecular formula is C20H35N. The topological polar surface area (TPSA) is 12.4 Å². The first-order chi connectivity index (χ1) is 10.2. The van der Waals surface area contributed by atoms with E-state index in [1.165, 1.54) is 62.7 Å². The number of hydrogen-bond donors (Lipinski definition) is 0. The molecule has 1 nitrogen and oxygen atoms in total. The molecule has 1 aliphatic heterocycles. The second kappa shape index (κ2) is 10.8. The molecule has 1 unspecified atom stereocenters. The molecule has 0 radical (unpaired) electrons. The van der Waals surface area contributed by atoms with E-state index in [0.717, 1.165) is 18.8 Å². The van der Waals surface area contributed by atoms with Crippen molar-refractivity contribution in [1.82, 2.24) is 0 Å². The van der Waals surface area contributed by atoms with Gasteiger partial charge in [-0.1, -0.05) is 77.5 Å². The Labute approximate surface area is 132 Å². The molecule has 1 rings (SSSR count). The molecule has 0 aliphatic carbocycles. The van der Waals surface area contributed by atoms with Crippen LogP contribution in [0.5, 0.6) is 0 Å². The number of aliphatic imine (C=N–C) groups is 1. The van der Waals surface area contributed by atoms with Crippen molar-refractivity contribution in [2.45, 2.75) is 91.0 Å². The molecule has 1 atom stereocenters. The lowest BCUT2D eigenvalue weighted by atomic mass is 9.92. The van der Waals surface area contributed by atoms with Gasteiger partial charge in [-0.15, -0.1) is 0 Å². The molecule has 0 fully saturated rings. The zero-order valence-corrected chi connectivity index (χ0v) is 14.5. The molecule has 120 valence electrons. The monoisotopic (exact) mass is 289 g/mol. The SMILES string of the molecule is C=C1C=CC(CCC(CCC)CCC)=NC(CCCC)C1. The number of rotatable bonds is 10. The molecular weight excluding hydrogens is 254 g/mol. The van der Waals surface area contributed by atoms with Crippen LogP contribution in [0, 0.1) is 5.92 Å². The zero-order chi connectivity index (χ0) is 15.5. The summed E-state index contributed by atoms with van der Waals surface area (Å²) in [4.78, 5) is 5.02. The van der Waals surface area contributed by atoms with Gasteiger partial charge in [0.2, 0.25) is 0 Å². The van der Waals surface area contributed by atoms with Crippen molar-refractivity contribution in [3.63, 3.8) is 0 Å². The van der Waals surface area contributed by atoms with E-state index in [1.54, 1.807) is 0 Å². The first kappa shape index (κ1) is 18.2. The summed E-state index contributed by atoms with van der Waals surface area (Å²) < 4.78 is 0. The number of hydrogen-bond acceptors (Lipinski definition) is 1. The molecule has 0 saturated carbocycles. The molecule has 0 spiro atoms. The third-order valence-corrected chi connectivity index (χ3v) is 4.45. The molecule has 0 saturated heterocycles. The van der Waals surface area contributed by atoms with E-state index in [2.05, 4.69) is 39.5 Å². The van der Waals surface area contributed by atoms with Crippen molar-refractivity contribution in [3.8, 4) is 0 Å². The number of unbranched alkanes of at least 4 members (excludes halogenated alkanes) is 1. The van der Waals surface area contributed by atoms with Gasteiger partial charge < -0.3 is 0 Å². The molecule has 0 N–H and O–H groups in total. The summed E-state index contributed by atoms with van der Waals surface area (Å²) in [5.41, 5.74) is 2.56. The summed E-state index contributed by atoms with van der Waals surface area (Å²) in [5, 5.41) is 0. The maximum atomic E-state index is 5.02. The van der Waals surface area contributed by atoms with Gasteiger partial charge >= 0.3 is 0 Å². The molecule has 1 aliphatic rings. The van der Waals surface area contributed by atoms with Crippen molar-refractivity contribution < 1.29 is 0 Å². The fraction of sp³-hybridized carbons (Fsp3) is 0.750. The predicted octanol–water partition coefficient (Wildman–Crippen LogP) is 6.50. The van der Waals surface area contributed by atoms with Crippen LogP contribution in [-0.4, -0.2) is 11.8 Å². The van der Waals surface area contributed by atoms with E-state index in [-0.39, 0.29) is 0 Å². The van der Waals surface area contributed by atoms with Crippen LogP contribution in [0.4, 0.5) is 0 Å². The van der Waals surface area contributed by atoms with Crippen LogP contribution in [0.15, 0.2) is 29.3 Å². The highest BCUT2D eigenvalue weighted by Crippen LogP contribution is 2.23. The van der Waals surface area contributed by atoms with Crippen LogP contribution in [0.25, 0.3) is 0 Å². The Balaban J connectivity index is 2.57. The van der Waals surface area contributed by atoms with Crippen molar-refractivity contribution in [2.75, 3.05) is 0 Å². The lowest BCUT2D eigenvalue weighted by Crippen LogP contribution is -2.09. The van der Waals surface area contributed by atoms with Gasteiger partial charge in [-0.05, 0) is 37.7 Å². The Kier molecular flexibility index (Phi) is 9.37. The summed E-state index contributed by atoms with van der Waals surface area (Å²) in [6, 6.07) is 0.471. The second-order valence-electron chi connectivity index (χ2n) is 6.59. The van der Waals surface area contributed by atoms with Crippen LogP contribution >= 0.6 is 0 Å². The molecule has 0 aromatic rings. The third kappa shape index (κ3) is 7.64. The standard InChI is InChI=1S/C20H35N/c1-5-8-11-20-16-17(4)12-14-19(21-20)15-13-18(9-6-2)10-7-3/h12,14,18,20H,4-11,13,15-16H2,1-3H3. The number of nitrogens with zero attached hydrogens (tertiary/aromatic N) is 1. The highest BCUT2D eigenvalue weighted by atomic mass is 14.8. The maximum Gasteiger partial charge on any atom is 0.0542 e. The Morgan fingerprint density at radius 1 is 1.10 bits per heavy atom. The predicted molar refractivity (Wildman–Crippen MR) is 96.2 cm³/mol. The lowest BCUT2D eigenvalue weighted by Gasteiger charge is -2.16. The van der Waals surface area contributed by atoms with Crippen LogP contribution in [0.3, 0.4) is 0 Å². The van der Waals surface area contributed by atoms with Gasteiger partial charge in [-0.2, -0.15) is 0 Å². The first-order valence-electron chi connectivity index (χ1n) is 9.12. The van der Waals surface area contributed by atoms with Crippen LogP contribution < -0.4 is 0 Å². The van der Waals surface area contributed by atoms with Gasteiger partial charge in [0.05, 0.1) is 6.04 Å². The molecule has 1 heterocycles. The minimum atomic E-state index is 0.471. The van der Waals surface area contributed by atoms with Crippen molar-refractivity contribution in [3.05, 3.63) is 24.3 Å². The minimum absolute atomic E-state index is 0.471. The zero-order valence-electron chi connectivity index (χ0n) is 14.5. The van der Waals surface area contributed by atoms with E-state index in [9.17, 15) is 0 Å². The quantitative estimate of drug-likeness (QED) is 0.435. The smallest absolute Gasteiger partial charge is 0.0542 e. The van der Waals surface area contributed by atoms with Crippen molar-refractivity contribution in [2.24, 2.45) is 10.9 Å². The highest BCUT2D eigenvalue weighted by molar-refractivity contribution is 5.95. The number of allylic oxidation sites excluding steroid dienone is 2. The van der Waals surface area contributed by atoms with Gasteiger partial charge in [0.15, 0.2) is 0 Å². The molecule has 21 heavy (non-hydrogen) atoms. The van der Waals surface area contributed by atoms with Crippen LogP contribution in [-0.2, 0) is 0 Å². The Morgan fingerprint density at radius 3 is 2.43 bits per heavy atom. The van der Waals surface area contributed by atoms with E-state index in [0.29, 0.717) is 6.04 Å². The molecule has 0 aromatic carbocycles. The third-order valence-electron chi connectivity index (χ3n) is 4.45. The van der Waals surface area contributed by atoms with Crippen LogP contribution in [0.2, 0.25) is 0 Å². The molecule has 0 aromatic heterocycles. The average molecular weight is 290 g/mol. The normalized spacial score (nSPS) is 19.0. The Hall–Kier alpha value is -0.850. The highest BCUT2D eigenvalue weighted by Gasteiger charge is 2.13. The van der Waals surface area contributed by atoms with Gasteiger partial charge in [-0.3, -0.25) is 4.99 Å². The summed E-state index contributed by atoms with van der Waals surface area (Å²) in [7, 11) is 0. The minimum Gasteiger partial charge on any atom is -0.286 e. The Morgan fingerprint density at radius 2 is 1.81 bits per heavy atom. The summed E-state index contributed by atoms with van der Waals surface area (Å²) >= 11 is 0. The second-order valence-corrected chi connectivity index (χ2v) is 6.59. The summed E-state index contributed by atoms with van der Waals surface area (Å²) in [6.45, 7) is 11.0. The largest absolute Gasteiger partial charge is 0.286 e. The van der Waals surface area contributed by atoms with Crippen LogP contribution in [0.1, 0.15) is 85.0 Å². The van der Waals surface area contributed by atoms with E-state index in [1.807, 2.05) is 0 Å². The van der Waals surface area contributed by atoms with E-state index < -0.39 is 0 Å². The lowest BCUT2D eigenvalue weighted by molar-refractivity contribution is 0.418. The summed E-state index contributed by atoms with van der Waals surface area (Å²) in [6.07, 6.45) is 17.0. The van der Waals surface area contributed by atoms with Crippen molar-refractivity contribution in [1.29, 1.82) is 0 Å². The summed E-state index contributed by atoms with van der Waals surface area (Å²) in [5.74, 6) is 0.886. The molecule has 0 amide bonds. The fourth-order valence-corrected chi connectivity index (χ4v) is 3.26. The van der Waals surface area contributed by atoms with Crippen molar-refractivity contribution >= 4 is 5.71 Å². The molecule has 1 heteroatoms.